The molecular weight excluding hydrogens is 286 g/mol. The molecule has 0 saturated heterocycles. The molecule has 0 atom stereocenters. The number of aromatic carboxylic acids is 1. The lowest BCUT2D eigenvalue weighted by atomic mass is 10.2. The van der Waals surface area contributed by atoms with E-state index in [-0.39, 0.29) is 17.2 Å². The van der Waals surface area contributed by atoms with E-state index in [1.807, 2.05) is 31.2 Å². The minimum atomic E-state index is -0.955. The lowest BCUT2D eigenvalue weighted by molar-refractivity contribution is -0.113. The van der Waals surface area contributed by atoms with Crippen molar-refractivity contribution in [2.45, 2.75) is 11.8 Å². The van der Waals surface area contributed by atoms with Gasteiger partial charge in [-0.3, -0.25) is 4.79 Å². The molecule has 0 radical (unpaired) electrons. The summed E-state index contributed by atoms with van der Waals surface area (Å²) in [5, 5.41) is 11.6. The molecular formula is C16H15NO3S. The summed E-state index contributed by atoms with van der Waals surface area (Å²) < 4.78 is 0. The third-order valence-electron chi connectivity index (χ3n) is 2.77. The van der Waals surface area contributed by atoms with E-state index in [0.717, 1.165) is 16.1 Å². The Hall–Kier alpha value is -2.27. The highest BCUT2D eigenvalue weighted by Gasteiger charge is 2.05. The first kappa shape index (κ1) is 15.1. The average Bonchev–Trinajstić information content (AvgIpc) is 2.45. The van der Waals surface area contributed by atoms with Crippen LogP contribution in [0.25, 0.3) is 0 Å². The molecule has 5 heteroatoms. The molecule has 0 aliphatic heterocycles. The summed E-state index contributed by atoms with van der Waals surface area (Å²) in [6.07, 6.45) is 0. The number of anilines is 1. The van der Waals surface area contributed by atoms with Crippen molar-refractivity contribution in [2.24, 2.45) is 0 Å². The minimum absolute atomic E-state index is 0.0899. The van der Waals surface area contributed by atoms with Crippen LogP contribution in [0.4, 0.5) is 5.69 Å². The highest BCUT2D eigenvalue weighted by molar-refractivity contribution is 8.00. The molecule has 2 rings (SSSR count). The van der Waals surface area contributed by atoms with Crippen molar-refractivity contribution in [1.29, 1.82) is 0 Å². The van der Waals surface area contributed by atoms with Crippen LogP contribution in [-0.2, 0) is 4.79 Å². The number of amides is 1. The second-order valence-electron chi connectivity index (χ2n) is 4.54. The Balaban J connectivity index is 1.87. The topological polar surface area (TPSA) is 66.4 Å². The van der Waals surface area contributed by atoms with Crippen molar-refractivity contribution in [3.05, 3.63) is 59.7 Å². The van der Waals surface area contributed by atoms with Crippen molar-refractivity contribution in [2.75, 3.05) is 11.1 Å². The van der Waals surface area contributed by atoms with E-state index in [1.165, 1.54) is 23.9 Å². The standard InChI is InChI=1S/C16H15NO3S/c1-11-3-2-4-13(9-11)17-15(18)10-21-14-7-5-12(6-8-14)16(19)20/h2-9H,10H2,1H3,(H,17,18)(H,19,20). The van der Waals surface area contributed by atoms with Gasteiger partial charge in [0.1, 0.15) is 0 Å². The molecule has 2 aromatic rings. The lowest BCUT2D eigenvalue weighted by Gasteiger charge is -2.06. The average molecular weight is 301 g/mol. The van der Waals surface area contributed by atoms with Crippen LogP contribution in [0.5, 0.6) is 0 Å². The van der Waals surface area contributed by atoms with Gasteiger partial charge in [0.2, 0.25) is 5.91 Å². The van der Waals surface area contributed by atoms with Gasteiger partial charge in [0, 0.05) is 10.6 Å². The summed E-state index contributed by atoms with van der Waals surface area (Å²) in [7, 11) is 0. The van der Waals surface area contributed by atoms with Gasteiger partial charge in [-0.1, -0.05) is 12.1 Å². The Labute approximate surface area is 127 Å². The largest absolute Gasteiger partial charge is 0.478 e. The van der Waals surface area contributed by atoms with Crippen LogP contribution >= 0.6 is 11.8 Å². The fourth-order valence-corrected chi connectivity index (χ4v) is 2.46. The maximum atomic E-state index is 11.8. The number of hydrogen-bond acceptors (Lipinski definition) is 3. The van der Waals surface area contributed by atoms with E-state index in [0.29, 0.717) is 0 Å². The van der Waals surface area contributed by atoms with Crippen molar-refractivity contribution in [3.63, 3.8) is 0 Å². The molecule has 0 unspecified atom stereocenters. The van der Waals surface area contributed by atoms with Crippen LogP contribution in [0, 0.1) is 6.92 Å². The van der Waals surface area contributed by atoms with Gasteiger partial charge in [0.15, 0.2) is 0 Å². The second-order valence-corrected chi connectivity index (χ2v) is 5.58. The first-order valence-electron chi connectivity index (χ1n) is 6.37. The third kappa shape index (κ3) is 4.65. The minimum Gasteiger partial charge on any atom is -0.478 e. The monoisotopic (exact) mass is 301 g/mol. The normalized spacial score (nSPS) is 10.1. The van der Waals surface area contributed by atoms with E-state index in [2.05, 4.69) is 5.32 Å². The molecule has 2 aromatic carbocycles. The predicted molar refractivity (Wildman–Crippen MR) is 83.9 cm³/mol. The van der Waals surface area contributed by atoms with Gasteiger partial charge in [-0.2, -0.15) is 0 Å². The fraction of sp³-hybridized carbons (Fsp3) is 0.125. The highest BCUT2D eigenvalue weighted by Crippen LogP contribution is 2.19. The molecule has 0 heterocycles. The van der Waals surface area contributed by atoms with Crippen molar-refractivity contribution < 1.29 is 14.7 Å². The molecule has 0 fully saturated rings. The van der Waals surface area contributed by atoms with Gasteiger partial charge in [-0.05, 0) is 48.9 Å². The number of carbonyl (C=O) groups is 2. The molecule has 1 amide bonds. The van der Waals surface area contributed by atoms with E-state index in [4.69, 9.17) is 5.11 Å². The maximum absolute atomic E-state index is 11.8. The Kier molecular flexibility index (Phi) is 5.00. The number of carboxylic acids is 1. The number of hydrogen-bond donors (Lipinski definition) is 2. The predicted octanol–water partition coefficient (Wildman–Crippen LogP) is 3.42. The number of carboxylic acid groups (broad SMARTS) is 1. The van der Waals surface area contributed by atoms with Gasteiger partial charge in [-0.15, -0.1) is 11.8 Å². The van der Waals surface area contributed by atoms with Crippen molar-refractivity contribution in [1.82, 2.24) is 0 Å². The van der Waals surface area contributed by atoms with E-state index in [9.17, 15) is 9.59 Å². The van der Waals surface area contributed by atoms with Crippen LogP contribution in [0.15, 0.2) is 53.4 Å². The fourth-order valence-electron chi connectivity index (χ4n) is 1.76. The first-order chi connectivity index (χ1) is 10.0. The first-order valence-corrected chi connectivity index (χ1v) is 7.36. The van der Waals surface area contributed by atoms with E-state index in [1.54, 1.807) is 12.1 Å². The summed E-state index contributed by atoms with van der Waals surface area (Å²) in [5.74, 6) is -0.767. The zero-order valence-corrected chi connectivity index (χ0v) is 12.3. The van der Waals surface area contributed by atoms with Gasteiger partial charge in [0.25, 0.3) is 0 Å². The van der Waals surface area contributed by atoms with Gasteiger partial charge >= 0.3 is 5.97 Å². The number of aryl methyl sites for hydroxylation is 1. The Morgan fingerprint density at radius 3 is 2.48 bits per heavy atom. The summed E-state index contributed by atoms with van der Waals surface area (Å²) in [6, 6.07) is 14.1. The number of nitrogens with one attached hydrogen (secondary N) is 1. The molecule has 0 saturated carbocycles. The van der Waals surface area contributed by atoms with Gasteiger partial charge < -0.3 is 10.4 Å². The zero-order valence-electron chi connectivity index (χ0n) is 11.5. The molecule has 4 nitrogen and oxygen atoms in total. The third-order valence-corrected chi connectivity index (χ3v) is 3.79. The number of benzene rings is 2. The lowest BCUT2D eigenvalue weighted by Crippen LogP contribution is -2.13. The van der Waals surface area contributed by atoms with Crippen LogP contribution in [0.3, 0.4) is 0 Å². The van der Waals surface area contributed by atoms with Crippen LogP contribution in [0.2, 0.25) is 0 Å². The second kappa shape index (κ2) is 6.95. The van der Waals surface area contributed by atoms with Gasteiger partial charge in [-0.25, -0.2) is 4.79 Å². The number of rotatable bonds is 5. The smallest absolute Gasteiger partial charge is 0.335 e. The molecule has 0 aromatic heterocycles. The number of carbonyl (C=O) groups excluding carboxylic acids is 1. The van der Waals surface area contributed by atoms with Gasteiger partial charge in [0.05, 0.1) is 11.3 Å². The highest BCUT2D eigenvalue weighted by atomic mass is 32.2. The molecule has 0 aliphatic carbocycles. The summed E-state index contributed by atoms with van der Waals surface area (Å²) in [5.41, 5.74) is 2.11. The van der Waals surface area contributed by atoms with Crippen LogP contribution < -0.4 is 5.32 Å². The molecule has 0 bridgehead atoms. The van der Waals surface area contributed by atoms with Crippen molar-refractivity contribution in [3.8, 4) is 0 Å². The zero-order chi connectivity index (χ0) is 15.2. The SMILES string of the molecule is Cc1cccc(NC(=O)CSc2ccc(C(=O)O)cc2)c1. The molecule has 0 spiro atoms. The van der Waals surface area contributed by atoms with E-state index >= 15 is 0 Å². The van der Waals surface area contributed by atoms with Crippen molar-refractivity contribution >= 4 is 29.3 Å². The quantitative estimate of drug-likeness (QED) is 0.830. The number of thioether (sulfide) groups is 1. The van der Waals surface area contributed by atoms with Crippen LogP contribution in [-0.4, -0.2) is 22.7 Å². The Morgan fingerprint density at radius 2 is 1.86 bits per heavy atom. The molecule has 21 heavy (non-hydrogen) atoms. The molecule has 2 N–H and O–H groups in total. The van der Waals surface area contributed by atoms with Crippen LogP contribution in [0.1, 0.15) is 15.9 Å². The summed E-state index contributed by atoms with van der Waals surface area (Å²) >= 11 is 1.37. The van der Waals surface area contributed by atoms with E-state index < -0.39 is 5.97 Å². The summed E-state index contributed by atoms with van der Waals surface area (Å²) in [6.45, 7) is 1.97. The molecule has 108 valence electrons. The molecule has 0 aliphatic rings. The summed E-state index contributed by atoms with van der Waals surface area (Å²) in [4.78, 5) is 23.4. The maximum Gasteiger partial charge on any atom is 0.335 e. The Bertz CT molecular complexity index is 653. The Morgan fingerprint density at radius 1 is 1.14 bits per heavy atom.